The van der Waals surface area contributed by atoms with Gasteiger partial charge < -0.3 is 29.7 Å². The second kappa shape index (κ2) is 21.3. The van der Waals surface area contributed by atoms with E-state index in [4.69, 9.17) is 27.1 Å². The van der Waals surface area contributed by atoms with Crippen LogP contribution in [0, 0.1) is 22.6 Å². The third kappa shape index (κ3) is 10.1. The van der Waals surface area contributed by atoms with Crippen LogP contribution in [0.1, 0.15) is 135 Å². The number of benzene rings is 3. The van der Waals surface area contributed by atoms with E-state index in [2.05, 4.69) is 73.8 Å². The van der Waals surface area contributed by atoms with E-state index in [1.807, 2.05) is 32.3 Å². The Morgan fingerprint density at radius 3 is 2.32 bits per heavy atom. The van der Waals surface area contributed by atoms with Crippen molar-refractivity contribution < 1.29 is 31.9 Å². The Bertz CT molecular complexity index is 3190. The normalized spacial score (nSPS) is 22.3. The minimum absolute atomic E-state index is 0.00323. The molecule has 1 spiro atoms. The number of carbonyl (C=O) groups is 2. The Labute approximate surface area is 447 Å². The van der Waals surface area contributed by atoms with Gasteiger partial charge in [-0.2, -0.15) is 23.1 Å². The van der Waals surface area contributed by atoms with Crippen molar-refractivity contribution in [2.24, 2.45) is 16.7 Å². The maximum absolute atomic E-state index is 16.7. The van der Waals surface area contributed by atoms with Crippen molar-refractivity contribution >= 4 is 74.1 Å². The average molecular weight is 1070 g/mol. The van der Waals surface area contributed by atoms with Gasteiger partial charge in [-0.1, -0.05) is 77.1 Å². The smallest absolute Gasteiger partial charge is 0.418 e. The maximum Gasteiger partial charge on any atom is 0.418 e. The van der Waals surface area contributed by atoms with Gasteiger partial charge >= 0.3 is 12.2 Å². The molecule has 17 heteroatoms. The van der Waals surface area contributed by atoms with Crippen LogP contribution in [0.2, 0.25) is 5.02 Å². The number of nitrogen functional groups attached to an aromatic ring is 1. The van der Waals surface area contributed by atoms with Gasteiger partial charge in [-0.15, -0.1) is 0 Å². The van der Waals surface area contributed by atoms with Gasteiger partial charge in [-0.3, -0.25) is 19.9 Å². The molecule has 6 aromatic rings. The Morgan fingerprint density at radius 1 is 0.908 bits per heavy atom. The molecule has 4 aliphatic heterocycles. The van der Waals surface area contributed by atoms with Crippen molar-refractivity contribution in [3.8, 4) is 17.3 Å². The number of hydrogen-bond donors (Lipinski definition) is 2. The average Bonchev–Trinajstić information content (AvgIpc) is 4.20. The predicted octanol–water partition coefficient (Wildman–Crippen LogP) is 11.9. The van der Waals surface area contributed by atoms with E-state index < -0.39 is 39.9 Å². The molecule has 2 saturated carbocycles. The number of anilines is 2. The summed E-state index contributed by atoms with van der Waals surface area (Å²) in [5.74, 6) is -0.223. The highest BCUT2D eigenvalue weighted by Crippen LogP contribution is 2.54. The number of aromatic nitrogens is 4. The summed E-state index contributed by atoms with van der Waals surface area (Å²) in [6, 6.07) is 13.1. The van der Waals surface area contributed by atoms with E-state index in [1.54, 1.807) is 0 Å². The number of piperidine rings is 4. The maximum atomic E-state index is 16.7. The highest BCUT2D eigenvalue weighted by atomic mass is 35.5. The molecule has 2 atom stereocenters. The first-order valence-electron chi connectivity index (χ1n) is 27.8. The van der Waals surface area contributed by atoms with Crippen molar-refractivity contribution in [3.05, 3.63) is 76.0 Å². The van der Waals surface area contributed by atoms with E-state index in [0.717, 1.165) is 105 Å². The zero-order valence-electron chi connectivity index (χ0n) is 44.6. The first-order chi connectivity index (χ1) is 36.6. The Kier molecular flexibility index (Phi) is 15.1. The van der Waals surface area contributed by atoms with Crippen molar-refractivity contribution in [3.63, 3.8) is 0 Å². The molecule has 0 radical (unpaired) electrons. The number of likely N-dealkylation sites (tertiary alicyclic amines) is 2. The number of nitrogens with one attached hydrogen (secondary N) is 1. The molecule has 0 bridgehead atoms. The van der Waals surface area contributed by atoms with Gasteiger partial charge in [-0.05, 0) is 143 Å². The third-order valence-electron chi connectivity index (χ3n) is 17.5. The lowest BCUT2D eigenvalue weighted by atomic mass is 9.59. The van der Waals surface area contributed by atoms with E-state index in [0.29, 0.717) is 67.0 Å². The van der Waals surface area contributed by atoms with Crippen LogP contribution in [0.5, 0.6) is 6.01 Å². The number of imide groups is 1. The molecule has 6 fully saturated rings. The largest absolute Gasteiger partial charge is 0.463 e. The second-order valence-corrected chi connectivity index (χ2v) is 22.7. The van der Waals surface area contributed by atoms with Gasteiger partial charge in [0.25, 0.3) is 0 Å². The van der Waals surface area contributed by atoms with Crippen LogP contribution < -0.4 is 26.0 Å². The van der Waals surface area contributed by atoms with Crippen molar-refractivity contribution in [1.29, 1.82) is 0 Å². The molecule has 7 heterocycles. The van der Waals surface area contributed by atoms with Crippen LogP contribution in [0.4, 0.5) is 29.1 Å². The van der Waals surface area contributed by atoms with Crippen LogP contribution in [0.15, 0.2) is 48.7 Å². The summed E-state index contributed by atoms with van der Waals surface area (Å²) < 4.78 is 68.2. The van der Waals surface area contributed by atoms with Gasteiger partial charge in [0, 0.05) is 71.1 Å². The lowest BCUT2D eigenvalue weighted by molar-refractivity contribution is -0.137. The summed E-state index contributed by atoms with van der Waals surface area (Å²) in [5, 5.41) is 6.48. The Hall–Kier alpha value is -5.58. The highest BCUT2D eigenvalue weighted by Gasteiger charge is 2.51. The number of ether oxygens (including phenoxy) is 1. The van der Waals surface area contributed by atoms with Gasteiger partial charge in [0.15, 0.2) is 5.82 Å². The fourth-order valence-electron chi connectivity index (χ4n) is 13.4. The molecule has 12 nitrogen and oxygen atoms in total. The first-order valence-corrected chi connectivity index (χ1v) is 28.2. The number of fused-ring (bicyclic) bond motifs is 1. The van der Waals surface area contributed by atoms with E-state index >= 15 is 4.39 Å². The lowest BCUT2D eigenvalue weighted by Gasteiger charge is -2.56. The Balaban J connectivity index is 0.00000161. The van der Waals surface area contributed by atoms with Crippen LogP contribution in [-0.4, -0.2) is 99.6 Å². The molecule has 6 aliphatic rings. The summed E-state index contributed by atoms with van der Waals surface area (Å²) in [6.07, 6.45) is 8.24. The number of halogens is 5. The summed E-state index contributed by atoms with van der Waals surface area (Å²) in [4.78, 5) is 45.9. The molecule has 4 saturated heterocycles. The molecule has 2 unspecified atom stereocenters. The zero-order chi connectivity index (χ0) is 53.8. The predicted molar refractivity (Wildman–Crippen MR) is 294 cm³/mol. The number of hydrogen-bond acceptors (Lipinski definition) is 10. The quantitative estimate of drug-likeness (QED) is 0.0776. The van der Waals surface area contributed by atoms with E-state index in [1.165, 1.54) is 42.8 Å². The van der Waals surface area contributed by atoms with Crippen LogP contribution in [-0.2, 0) is 15.8 Å². The summed E-state index contributed by atoms with van der Waals surface area (Å²) in [6.45, 7) is 21.4. The monoisotopic (exact) mass is 1070 g/mol. The van der Waals surface area contributed by atoms with Crippen molar-refractivity contribution in [1.82, 2.24) is 34.6 Å². The van der Waals surface area contributed by atoms with Gasteiger partial charge in [0.1, 0.15) is 23.1 Å². The standard InChI is InChI=1S/C55H60ClF4N9O3.2C2H6/c1-31-5-4-18-68(28-31)50-40-27-62-48(39-23-34(61)24-41(56)46(39)55(58,59)60)47(57)49(40)64-52(65-50)72-30-54(14-15-54)29-66-21-16-53(17-22-66)25-35(26-53)67-19-12-33(13-20-67)37-8-9-42-45-36(6-3-7-38(37)45)32(2)69(42)43-10-11-44(70)63-51(43)71;2*1-2/h3,6-9,23-24,27,31,33,35,43H,2,4-5,10-22,25-26,28-30,61H2,1H3,(H,63,70,71);2*1-2H3. The minimum atomic E-state index is -4.89. The molecule has 2 amide bonds. The molecule has 12 rings (SSSR count). The summed E-state index contributed by atoms with van der Waals surface area (Å²) >= 11 is 6.07. The van der Waals surface area contributed by atoms with Gasteiger partial charge in [0.2, 0.25) is 11.8 Å². The van der Waals surface area contributed by atoms with E-state index in [9.17, 15) is 22.8 Å². The number of pyridine rings is 1. The fourth-order valence-corrected chi connectivity index (χ4v) is 13.7. The lowest BCUT2D eigenvalue weighted by Crippen LogP contribution is -2.56. The number of carbonyl (C=O) groups excluding carboxylic acids is 2. The van der Waals surface area contributed by atoms with Crippen LogP contribution >= 0.6 is 11.6 Å². The molecular weight excluding hydrogens is 994 g/mol. The van der Waals surface area contributed by atoms with Gasteiger partial charge in [-0.25, -0.2) is 4.39 Å². The fraction of sp³-hybridized carbons (Fsp3) is 0.542. The second-order valence-electron chi connectivity index (χ2n) is 22.3. The van der Waals surface area contributed by atoms with Crippen molar-refractivity contribution in [2.75, 3.05) is 63.1 Å². The zero-order valence-corrected chi connectivity index (χ0v) is 45.4. The number of rotatable bonds is 10. The third-order valence-corrected chi connectivity index (χ3v) is 17.7. The number of amides is 2. The topological polar surface area (TPSA) is 135 Å². The number of nitrogens with zero attached hydrogens (tertiary/aromatic N) is 7. The molecule has 76 heavy (non-hydrogen) atoms. The van der Waals surface area contributed by atoms with Crippen LogP contribution in [0.25, 0.3) is 50.4 Å². The molecular formula is C59H72ClF4N9O3. The number of nitrogens with two attached hydrogens (primary N) is 1. The Morgan fingerprint density at radius 2 is 1.63 bits per heavy atom. The SMILES string of the molecule is C=c1c2cccc3c(C4CCN(C5CC6(CCN(CC7(COc8nc(N9CCCC(C)C9)c9cnc(-c%10cc(N)cc(Cl)c%10C(F)(F)F)c(F)c9n8)CC7)CC6)C5)CC4)ccc(c32)n1C1CCC(=O)NC1=O.CC.CC. The van der Waals surface area contributed by atoms with Crippen LogP contribution in [0.3, 0.4) is 0 Å². The van der Waals surface area contributed by atoms with E-state index in [-0.39, 0.29) is 34.4 Å². The summed E-state index contributed by atoms with van der Waals surface area (Å²) in [7, 11) is 0. The highest BCUT2D eigenvalue weighted by molar-refractivity contribution is 6.32. The molecule has 3 aromatic heterocycles. The molecule has 3 aromatic carbocycles. The van der Waals surface area contributed by atoms with Gasteiger partial charge in [0.05, 0.1) is 28.1 Å². The number of alkyl halides is 3. The molecule has 2 aliphatic carbocycles. The first kappa shape index (κ1) is 53.8. The molecule has 406 valence electrons. The van der Waals surface area contributed by atoms with Crippen molar-refractivity contribution in [2.45, 2.75) is 136 Å². The summed E-state index contributed by atoms with van der Waals surface area (Å²) in [5.41, 5.74) is 6.09. The minimum Gasteiger partial charge on any atom is -0.463 e. The molecule has 3 N–H and O–H groups in total.